The van der Waals surface area contributed by atoms with Crippen molar-refractivity contribution >= 4 is 23.4 Å². The van der Waals surface area contributed by atoms with Gasteiger partial charge < -0.3 is 5.32 Å². The number of carbonyl (C=O) groups is 1. The molecule has 0 heterocycles. The zero-order valence-electron chi connectivity index (χ0n) is 20.6. The second-order valence-corrected chi connectivity index (χ2v) is 6.48. The molecule has 1 N–H and O–H groups in total. The summed E-state index contributed by atoms with van der Waals surface area (Å²) >= 11 is 1.30. The van der Waals surface area contributed by atoms with Crippen LogP contribution in [0.5, 0.6) is 0 Å². The van der Waals surface area contributed by atoms with E-state index < -0.39 is 4.92 Å². The van der Waals surface area contributed by atoms with Crippen LogP contribution in [0, 0.1) is 10.1 Å². The zero-order valence-corrected chi connectivity index (χ0v) is 21.5. The lowest BCUT2D eigenvalue weighted by Crippen LogP contribution is -2.21. The number of carbonyl (C=O) groups excluding carboxylic acids is 1. The van der Waals surface area contributed by atoms with Gasteiger partial charge in [0.15, 0.2) is 0 Å². The molecule has 32 heavy (non-hydrogen) atoms. The van der Waals surface area contributed by atoms with E-state index >= 15 is 0 Å². The van der Waals surface area contributed by atoms with Gasteiger partial charge in [0, 0.05) is 22.2 Å². The van der Waals surface area contributed by atoms with E-state index in [2.05, 4.69) is 5.32 Å². The molecule has 0 saturated heterocycles. The first-order valence-corrected chi connectivity index (χ1v) is 12.0. The molecule has 6 heteroatoms. The van der Waals surface area contributed by atoms with Crippen molar-refractivity contribution in [3.63, 3.8) is 0 Å². The quantitative estimate of drug-likeness (QED) is 0.257. The second kappa shape index (κ2) is 20.1. The van der Waals surface area contributed by atoms with E-state index in [-0.39, 0.29) is 17.2 Å². The Morgan fingerprint density at radius 2 is 1.62 bits per heavy atom. The van der Waals surface area contributed by atoms with Crippen molar-refractivity contribution in [2.75, 3.05) is 0 Å². The maximum absolute atomic E-state index is 12.4. The topological polar surface area (TPSA) is 72.2 Å². The summed E-state index contributed by atoms with van der Waals surface area (Å²) in [4.78, 5) is 24.8. The maximum Gasteiger partial charge on any atom is 0.284 e. The monoisotopic (exact) mass is 458 g/mol. The summed E-state index contributed by atoms with van der Waals surface area (Å²) < 4.78 is 0. The molecular formula is C26H38N2O3S. The minimum absolute atomic E-state index is 0.0855. The minimum atomic E-state index is -0.463. The molecule has 1 amide bonds. The van der Waals surface area contributed by atoms with Gasteiger partial charge in [-0.1, -0.05) is 90.6 Å². The van der Waals surface area contributed by atoms with Crippen LogP contribution >= 0.6 is 11.8 Å². The summed E-state index contributed by atoms with van der Waals surface area (Å²) in [5, 5.41) is 14.2. The first kappa shape index (κ1) is 31.3. The SMILES string of the molecule is C/C=C(\C=C/CC)NC(=O)c1ccc(Sc2ccccc2)c([N+](=O)[O-])c1.CC.CC.CC. The molecule has 0 aliphatic carbocycles. The lowest BCUT2D eigenvalue weighted by Gasteiger charge is -2.08. The molecule has 0 radical (unpaired) electrons. The predicted molar refractivity (Wildman–Crippen MR) is 138 cm³/mol. The Morgan fingerprint density at radius 1 is 1.03 bits per heavy atom. The largest absolute Gasteiger partial charge is 0.322 e. The van der Waals surface area contributed by atoms with Crippen LogP contribution in [0.2, 0.25) is 0 Å². The van der Waals surface area contributed by atoms with E-state index in [9.17, 15) is 14.9 Å². The van der Waals surface area contributed by atoms with Gasteiger partial charge >= 0.3 is 0 Å². The van der Waals surface area contributed by atoms with Gasteiger partial charge in [0.2, 0.25) is 0 Å². The summed E-state index contributed by atoms with van der Waals surface area (Å²) in [6, 6.07) is 13.9. The van der Waals surface area contributed by atoms with Crippen molar-refractivity contribution in [1.82, 2.24) is 5.32 Å². The molecule has 0 saturated carbocycles. The average Bonchev–Trinajstić information content (AvgIpc) is 2.86. The zero-order chi connectivity index (χ0) is 24.9. The summed E-state index contributed by atoms with van der Waals surface area (Å²) in [5.41, 5.74) is 0.818. The number of amides is 1. The molecule has 0 spiro atoms. The molecule has 2 aromatic rings. The van der Waals surface area contributed by atoms with Crippen LogP contribution in [0.3, 0.4) is 0 Å². The Labute approximate surface area is 198 Å². The number of benzene rings is 2. The highest BCUT2D eigenvalue weighted by atomic mass is 32.2. The van der Waals surface area contributed by atoms with E-state index in [0.29, 0.717) is 10.6 Å². The smallest absolute Gasteiger partial charge is 0.284 e. The molecule has 0 atom stereocenters. The Bertz CT molecular complexity index is 847. The van der Waals surface area contributed by atoms with Gasteiger partial charge in [-0.3, -0.25) is 14.9 Å². The van der Waals surface area contributed by atoms with Crippen molar-refractivity contribution in [2.24, 2.45) is 0 Å². The molecule has 0 bridgehead atoms. The van der Waals surface area contributed by atoms with Crippen molar-refractivity contribution in [3.8, 4) is 0 Å². The molecule has 0 unspecified atom stereocenters. The van der Waals surface area contributed by atoms with Crippen molar-refractivity contribution in [2.45, 2.75) is 71.6 Å². The molecule has 176 valence electrons. The highest BCUT2D eigenvalue weighted by Gasteiger charge is 2.18. The number of hydrogen-bond acceptors (Lipinski definition) is 4. The third-order valence-corrected chi connectivity index (χ3v) is 4.56. The number of hydrogen-bond donors (Lipinski definition) is 1. The van der Waals surface area contributed by atoms with E-state index in [0.717, 1.165) is 11.3 Å². The number of nitrogens with zero attached hydrogens (tertiary/aromatic N) is 1. The molecular weight excluding hydrogens is 420 g/mol. The fourth-order valence-electron chi connectivity index (χ4n) is 2.16. The van der Waals surface area contributed by atoms with Crippen molar-refractivity contribution < 1.29 is 9.72 Å². The van der Waals surface area contributed by atoms with Crippen LogP contribution in [0.15, 0.2) is 82.2 Å². The fourth-order valence-corrected chi connectivity index (χ4v) is 3.08. The lowest BCUT2D eigenvalue weighted by molar-refractivity contribution is -0.387. The molecule has 5 nitrogen and oxygen atoms in total. The summed E-state index contributed by atoms with van der Waals surface area (Å²) in [5.74, 6) is -0.377. The van der Waals surface area contributed by atoms with Gasteiger partial charge in [-0.2, -0.15) is 0 Å². The molecule has 0 aromatic heterocycles. The van der Waals surface area contributed by atoms with E-state index in [1.54, 1.807) is 18.2 Å². The van der Waals surface area contributed by atoms with Crippen LogP contribution < -0.4 is 5.32 Å². The summed E-state index contributed by atoms with van der Waals surface area (Å²) in [7, 11) is 0. The van der Waals surface area contributed by atoms with E-state index in [1.165, 1.54) is 17.8 Å². The lowest BCUT2D eigenvalue weighted by atomic mass is 10.2. The average molecular weight is 459 g/mol. The second-order valence-electron chi connectivity index (χ2n) is 5.36. The molecule has 2 aromatic carbocycles. The van der Waals surface area contributed by atoms with Gasteiger partial charge in [0.1, 0.15) is 0 Å². The predicted octanol–water partition coefficient (Wildman–Crippen LogP) is 8.42. The molecule has 2 rings (SSSR count). The first-order chi connectivity index (χ1) is 15.5. The minimum Gasteiger partial charge on any atom is -0.322 e. The van der Waals surface area contributed by atoms with Gasteiger partial charge in [0.05, 0.1) is 9.82 Å². The third kappa shape index (κ3) is 11.5. The highest BCUT2D eigenvalue weighted by Crippen LogP contribution is 2.35. The Hall–Kier alpha value is -2.86. The number of nitro groups is 1. The van der Waals surface area contributed by atoms with E-state index in [1.807, 2.05) is 97.9 Å². The van der Waals surface area contributed by atoms with E-state index in [4.69, 9.17) is 0 Å². The van der Waals surface area contributed by atoms with Crippen LogP contribution in [-0.2, 0) is 0 Å². The Kier molecular flexibility index (Phi) is 19.6. The van der Waals surface area contributed by atoms with Crippen LogP contribution in [0.4, 0.5) is 5.69 Å². The van der Waals surface area contributed by atoms with Crippen molar-refractivity contribution in [3.05, 3.63) is 88.1 Å². The number of allylic oxidation sites excluding steroid dienone is 3. The molecule has 0 fully saturated rings. The normalized spacial score (nSPS) is 9.94. The van der Waals surface area contributed by atoms with Crippen LogP contribution in [0.1, 0.15) is 72.2 Å². The first-order valence-electron chi connectivity index (χ1n) is 11.2. The number of nitro benzene ring substituents is 1. The summed E-state index contributed by atoms with van der Waals surface area (Å²) in [6.45, 7) is 15.8. The van der Waals surface area contributed by atoms with Crippen LogP contribution in [-0.4, -0.2) is 10.8 Å². The van der Waals surface area contributed by atoms with Gasteiger partial charge in [-0.15, -0.1) is 0 Å². The van der Waals surface area contributed by atoms with Gasteiger partial charge in [0.25, 0.3) is 11.6 Å². The van der Waals surface area contributed by atoms with Crippen LogP contribution in [0.25, 0.3) is 0 Å². The fraction of sp³-hybridized carbons (Fsp3) is 0.346. The van der Waals surface area contributed by atoms with Gasteiger partial charge in [-0.05, 0) is 43.7 Å². The standard InChI is InChI=1S/C20H20N2O3S.3C2H6/c1-3-5-9-16(4-2)21-20(23)15-12-13-19(18(14-15)22(24)25)26-17-10-7-6-8-11-17;3*1-2/h4-14H,3H2,1-2H3,(H,21,23);3*1-2H3/b9-5-,16-4+;;;. The third-order valence-electron chi connectivity index (χ3n) is 3.49. The van der Waals surface area contributed by atoms with Crippen molar-refractivity contribution in [1.29, 1.82) is 0 Å². The highest BCUT2D eigenvalue weighted by molar-refractivity contribution is 7.99. The molecule has 0 aliphatic heterocycles. The molecule has 0 aliphatic rings. The number of nitrogens with one attached hydrogen (secondary N) is 1. The Morgan fingerprint density at radius 3 is 2.12 bits per heavy atom. The van der Waals surface area contributed by atoms with Gasteiger partial charge in [-0.25, -0.2) is 0 Å². The maximum atomic E-state index is 12.4. The number of rotatable bonds is 7. The summed E-state index contributed by atoms with van der Waals surface area (Å²) in [6.07, 6.45) is 6.37. The Balaban J connectivity index is 0.